The number of tetrazole rings is 1. The van der Waals surface area contributed by atoms with Gasteiger partial charge in [-0.05, 0) is 23.8 Å². The normalized spacial score (nSPS) is 10.7. The van der Waals surface area contributed by atoms with Crippen LogP contribution in [0.5, 0.6) is 0 Å². The minimum Gasteiger partial charge on any atom is -0.380 e. The van der Waals surface area contributed by atoms with Crippen LogP contribution in [-0.2, 0) is 13.0 Å². The molecule has 0 atom stereocenters. The first-order valence-electron chi connectivity index (χ1n) is 6.36. The van der Waals surface area contributed by atoms with E-state index in [1.165, 1.54) is 9.88 Å². The Morgan fingerprint density at radius 3 is 3.05 bits per heavy atom. The summed E-state index contributed by atoms with van der Waals surface area (Å²) in [6.07, 6.45) is 2.91. The van der Waals surface area contributed by atoms with Gasteiger partial charge >= 0.3 is 0 Å². The van der Waals surface area contributed by atoms with Crippen molar-refractivity contribution in [1.82, 2.24) is 25.6 Å². The van der Waals surface area contributed by atoms with Gasteiger partial charge < -0.3 is 5.32 Å². The summed E-state index contributed by atoms with van der Waals surface area (Å²) >= 11 is 1.74. The first kappa shape index (κ1) is 12.7. The number of anilines is 1. The molecule has 0 saturated heterocycles. The predicted molar refractivity (Wildman–Crippen MR) is 78.4 cm³/mol. The summed E-state index contributed by atoms with van der Waals surface area (Å²) in [6, 6.07) is 7.95. The van der Waals surface area contributed by atoms with Crippen molar-refractivity contribution in [2.75, 3.05) is 5.32 Å². The molecule has 0 amide bonds. The Morgan fingerprint density at radius 2 is 2.30 bits per heavy atom. The van der Waals surface area contributed by atoms with Crippen molar-refractivity contribution in [3.63, 3.8) is 0 Å². The molecule has 0 unspecified atom stereocenters. The maximum atomic E-state index is 4.35. The zero-order chi connectivity index (χ0) is 13.8. The maximum absolute atomic E-state index is 4.35. The molecule has 0 radical (unpaired) electrons. The standard InChI is InChI=1S/C13H14N6S/c1-2-12-15-8-11(20-12)7-14-10-5-3-4-9(6-10)13-16-18-19-17-13/h3-6,8,14H,2,7H2,1H3,(H,16,17,18,19). The number of nitrogens with zero attached hydrogens (tertiary/aromatic N) is 4. The fraction of sp³-hybridized carbons (Fsp3) is 0.231. The van der Waals surface area contributed by atoms with E-state index >= 15 is 0 Å². The average Bonchev–Trinajstić information content (AvgIpc) is 3.17. The van der Waals surface area contributed by atoms with Crippen LogP contribution in [0.2, 0.25) is 0 Å². The minimum atomic E-state index is 0.597. The van der Waals surface area contributed by atoms with Crippen molar-refractivity contribution in [2.24, 2.45) is 0 Å². The van der Waals surface area contributed by atoms with Gasteiger partial charge in [-0.15, -0.1) is 21.5 Å². The van der Waals surface area contributed by atoms with Crippen molar-refractivity contribution < 1.29 is 0 Å². The molecule has 0 fully saturated rings. The first-order valence-corrected chi connectivity index (χ1v) is 7.18. The molecule has 7 heteroatoms. The van der Waals surface area contributed by atoms with E-state index in [9.17, 15) is 0 Å². The summed E-state index contributed by atoms with van der Waals surface area (Å²) < 4.78 is 0. The van der Waals surface area contributed by atoms with Crippen LogP contribution in [0.4, 0.5) is 5.69 Å². The van der Waals surface area contributed by atoms with Crippen LogP contribution in [-0.4, -0.2) is 25.6 Å². The second kappa shape index (κ2) is 5.79. The van der Waals surface area contributed by atoms with Gasteiger partial charge in [-0.3, -0.25) is 0 Å². The van der Waals surface area contributed by atoms with Gasteiger partial charge in [0.05, 0.1) is 11.6 Å². The molecule has 3 aromatic rings. The number of nitrogens with one attached hydrogen (secondary N) is 2. The van der Waals surface area contributed by atoms with Crippen LogP contribution >= 0.6 is 11.3 Å². The molecule has 2 heterocycles. The number of hydrogen-bond acceptors (Lipinski definition) is 6. The van der Waals surface area contributed by atoms with E-state index in [1.807, 2.05) is 30.5 Å². The zero-order valence-electron chi connectivity index (χ0n) is 11.0. The maximum Gasteiger partial charge on any atom is 0.204 e. The second-order valence-corrected chi connectivity index (χ2v) is 5.44. The van der Waals surface area contributed by atoms with Crippen molar-refractivity contribution >= 4 is 17.0 Å². The highest BCUT2D eigenvalue weighted by Gasteiger charge is 2.04. The molecule has 0 saturated carbocycles. The van der Waals surface area contributed by atoms with Crippen LogP contribution in [0.3, 0.4) is 0 Å². The summed E-state index contributed by atoms with van der Waals surface area (Å²) in [5, 5.41) is 18.5. The monoisotopic (exact) mass is 286 g/mol. The summed E-state index contributed by atoms with van der Waals surface area (Å²) in [7, 11) is 0. The summed E-state index contributed by atoms with van der Waals surface area (Å²) in [5.41, 5.74) is 1.96. The molecular weight excluding hydrogens is 272 g/mol. The lowest BCUT2D eigenvalue weighted by Gasteiger charge is -2.05. The van der Waals surface area contributed by atoms with Gasteiger partial charge in [0, 0.05) is 22.3 Å². The number of aromatic nitrogens is 5. The van der Waals surface area contributed by atoms with Crippen molar-refractivity contribution in [3.05, 3.63) is 40.3 Å². The van der Waals surface area contributed by atoms with Crippen molar-refractivity contribution in [3.8, 4) is 11.4 Å². The third kappa shape index (κ3) is 2.83. The van der Waals surface area contributed by atoms with E-state index < -0.39 is 0 Å². The molecule has 0 bridgehead atoms. The smallest absolute Gasteiger partial charge is 0.204 e. The predicted octanol–water partition coefficient (Wildman–Crippen LogP) is 2.50. The molecule has 0 aliphatic rings. The summed E-state index contributed by atoms with van der Waals surface area (Å²) in [4.78, 5) is 5.58. The highest BCUT2D eigenvalue weighted by Crippen LogP contribution is 2.20. The fourth-order valence-electron chi connectivity index (χ4n) is 1.83. The number of aromatic amines is 1. The number of thiazole rings is 1. The van der Waals surface area contributed by atoms with Gasteiger partial charge in [-0.25, -0.2) is 4.98 Å². The van der Waals surface area contributed by atoms with Crippen LogP contribution in [0.1, 0.15) is 16.8 Å². The second-order valence-electron chi connectivity index (χ2n) is 4.24. The zero-order valence-corrected chi connectivity index (χ0v) is 11.8. The molecule has 2 aromatic heterocycles. The number of hydrogen-bond donors (Lipinski definition) is 2. The van der Waals surface area contributed by atoms with Crippen LogP contribution < -0.4 is 5.32 Å². The van der Waals surface area contributed by atoms with Crippen LogP contribution in [0.15, 0.2) is 30.5 Å². The lowest BCUT2D eigenvalue weighted by atomic mass is 10.2. The molecule has 0 spiro atoms. The van der Waals surface area contributed by atoms with E-state index in [2.05, 4.69) is 37.8 Å². The largest absolute Gasteiger partial charge is 0.380 e. The lowest BCUT2D eigenvalue weighted by Crippen LogP contribution is -1.97. The van der Waals surface area contributed by atoms with E-state index in [0.717, 1.165) is 24.2 Å². The third-order valence-corrected chi connectivity index (χ3v) is 3.98. The van der Waals surface area contributed by atoms with Gasteiger partial charge in [-0.2, -0.15) is 5.21 Å². The Kier molecular flexibility index (Phi) is 3.69. The Labute approximate surface area is 120 Å². The summed E-state index contributed by atoms with van der Waals surface area (Å²) in [5.74, 6) is 0.597. The van der Waals surface area contributed by atoms with Crippen LogP contribution in [0, 0.1) is 0 Å². The number of benzene rings is 1. The van der Waals surface area contributed by atoms with Gasteiger partial charge in [0.15, 0.2) is 0 Å². The van der Waals surface area contributed by atoms with E-state index in [-0.39, 0.29) is 0 Å². The SMILES string of the molecule is CCc1ncc(CNc2cccc(-c3nn[nH]n3)c2)s1. The minimum absolute atomic E-state index is 0.597. The Balaban J connectivity index is 1.70. The van der Waals surface area contributed by atoms with Crippen molar-refractivity contribution in [2.45, 2.75) is 19.9 Å². The number of H-pyrrole nitrogens is 1. The van der Waals surface area contributed by atoms with Crippen LogP contribution in [0.25, 0.3) is 11.4 Å². The molecule has 102 valence electrons. The quantitative estimate of drug-likeness (QED) is 0.753. The average molecular weight is 286 g/mol. The Hall–Kier alpha value is -2.28. The van der Waals surface area contributed by atoms with Gasteiger partial charge in [0.1, 0.15) is 0 Å². The van der Waals surface area contributed by atoms with E-state index in [1.54, 1.807) is 11.3 Å². The Bertz CT molecular complexity index is 676. The van der Waals surface area contributed by atoms with Crippen molar-refractivity contribution in [1.29, 1.82) is 0 Å². The molecule has 0 aliphatic carbocycles. The summed E-state index contributed by atoms with van der Waals surface area (Å²) in [6.45, 7) is 2.89. The van der Waals surface area contributed by atoms with E-state index in [4.69, 9.17) is 0 Å². The fourth-order valence-corrected chi connectivity index (χ4v) is 2.64. The van der Waals surface area contributed by atoms with Gasteiger partial charge in [0.25, 0.3) is 0 Å². The molecule has 1 aromatic carbocycles. The number of rotatable bonds is 5. The molecular formula is C13H14N6S. The lowest BCUT2D eigenvalue weighted by molar-refractivity contribution is 0.881. The molecule has 0 aliphatic heterocycles. The molecule has 20 heavy (non-hydrogen) atoms. The molecule has 3 rings (SSSR count). The highest BCUT2D eigenvalue weighted by atomic mass is 32.1. The molecule has 2 N–H and O–H groups in total. The van der Waals surface area contributed by atoms with Gasteiger partial charge in [-0.1, -0.05) is 19.1 Å². The number of aryl methyl sites for hydroxylation is 1. The van der Waals surface area contributed by atoms with Gasteiger partial charge in [0.2, 0.25) is 5.82 Å². The van der Waals surface area contributed by atoms with E-state index in [0.29, 0.717) is 5.82 Å². The first-order chi connectivity index (χ1) is 9.85. The highest BCUT2D eigenvalue weighted by molar-refractivity contribution is 7.11. The topological polar surface area (TPSA) is 79.4 Å². The third-order valence-electron chi connectivity index (χ3n) is 2.84. The Morgan fingerprint density at radius 1 is 1.35 bits per heavy atom. The molecule has 6 nitrogen and oxygen atoms in total.